The standard InChI is InChI=1S/C21H18ClN3O4/c1-28-16-8-5-14(6-9-16)12-25-20(26)19(17-4-2-3-11-23-17)29-21(27)15-7-10-18(22)24-13-15/h2-11,13,19H,12H2,1H3,(H,25,26)/t19-/m0/s1. The van der Waals surface area contributed by atoms with Crippen molar-refractivity contribution >= 4 is 23.5 Å². The van der Waals surface area contributed by atoms with Gasteiger partial charge in [0.1, 0.15) is 10.9 Å². The molecule has 29 heavy (non-hydrogen) atoms. The van der Waals surface area contributed by atoms with Crippen LogP contribution in [0.3, 0.4) is 0 Å². The van der Waals surface area contributed by atoms with Crippen molar-refractivity contribution in [1.29, 1.82) is 0 Å². The Morgan fingerprint density at radius 2 is 1.86 bits per heavy atom. The maximum absolute atomic E-state index is 12.8. The number of nitrogens with one attached hydrogen (secondary N) is 1. The number of aromatic nitrogens is 2. The predicted molar refractivity (Wildman–Crippen MR) is 106 cm³/mol. The van der Waals surface area contributed by atoms with E-state index in [-0.39, 0.29) is 17.3 Å². The fourth-order valence-corrected chi connectivity index (χ4v) is 2.59. The van der Waals surface area contributed by atoms with Gasteiger partial charge in [0.15, 0.2) is 0 Å². The molecule has 0 aliphatic rings. The lowest BCUT2D eigenvalue weighted by molar-refractivity contribution is -0.130. The topological polar surface area (TPSA) is 90.4 Å². The molecule has 0 unspecified atom stereocenters. The number of amides is 1. The molecule has 1 aromatic carbocycles. The Balaban J connectivity index is 1.73. The van der Waals surface area contributed by atoms with Gasteiger partial charge in [-0.2, -0.15) is 0 Å². The zero-order valence-electron chi connectivity index (χ0n) is 15.5. The van der Waals surface area contributed by atoms with Gasteiger partial charge < -0.3 is 14.8 Å². The summed E-state index contributed by atoms with van der Waals surface area (Å²) >= 11 is 5.74. The smallest absolute Gasteiger partial charge is 0.340 e. The number of benzene rings is 1. The van der Waals surface area contributed by atoms with Gasteiger partial charge in [-0.25, -0.2) is 9.78 Å². The first kappa shape index (κ1) is 20.3. The van der Waals surface area contributed by atoms with E-state index < -0.39 is 18.0 Å². The van der Waals surface area contributed by atoms with E-state index in [1.807, 2.05) is 12.1 Å². The van der Waals surface area contributed by atoms with Gasteiger partial charge in [-0.1, -0.05) is 29.8 Å². The molecule has 3 rings (SSSR count). The molecule has 0 aliphatic carbocycles. The third-order valence-electron chi connectivity index (χ3n) is 4.01. The van der Waals surface area contributed by atoms with Crippen molar-refractivity contribution in [2.24, 2.45) is 0 Å². The van der Waals surface area contributed by atoms with E-state index in [0.717, 1.165) is 11.3 Å². The lowest BCUT2D eigenvalue weighted by atomic mass is 10.2. The molecule has 1 N–H and O–H groups in total. The molecule has 7 nitrogen and oxygen atoms in total. The molecule has 1 atom stereocenters. The van der Waals surface area contributed by atoms with E-state index in [4.69, 9.17) is 21.1 Å². The second-order valence-electron chi connectivity index (χ2n) is 5.98. The summed E-state index contributed by atoms with van der Waals surface area (Å²) in [7, 11) is 1.58. The van der Waals surface area contributed by atoms with Crippen LogP contribution in [-0.2, 0) is 16.1 Å². The fraction of sp³-hybridized carbons (Fsp3) is 0.143. The van der Waals surface area contributed by atoms with E-state index in [9.17, 15) is 9.59 Å². The average Bonchev–Trinajstić information content (AvgIpc) is 2.77. The summed E-state index contributed by atoms with van der Waals surface area (Å²) < 4.78 is 10.6. The zero-order valence-corrected chi connectivity index (χ0v) is 16.3. The quantitative estimate of drug-likeness (QED) is 0.473. The maximum atomic E-state index is 12.8. The van der Waals surface area contributed by atoms with E-state index in [0.29, 0.717) is 5.69 Å². The minimum atomic E-state index is -1.21. The number of nitrogens with zero attached hydrogens (tertiary/aromatic N) is 2. The first-order valence-electron chi connectivity index (χ1n) is 8.71. The largest absolute Gasteiger partial charge is 0.497 e. The van der Waals surface area contributed by atoms with E-state index in [1.165, 1.54) is 24.5 Å². The summed E-state index contributed by atoms with van der Waals surface area (Å²) in [5.41, 5.74) is 1.36. The molecule has 3 aromatic rings. The first-order chi connectivity index (χ1) is 14.1. The molecule has 0 saturated heterocycles. The zero-order chi connectivity index (χ0) is 20.6. The van der Waals surface area contributed by atoms with Crippen LogP contribution < -0.4 is 10.1 Å². The van der Waals surface area contributed by atoms with Gasteiger partial charge in [0.05, 0.1) is 18.4 Å². The highest BCUT2D eigenvalue weighted by atomic mass is 35.5. The number of hydrogen-bond donors (Lipinski definition) is 1. The molecule has 0 saturated carbocycles. The number of methoxy groups -OCH3 is 1. The monoisotopic (exact) mass is 411 g/mol. The summed E-state index contributed by atoms with van der Waals surface area (Å²) in [5, 5.41) is 3.02. The first-order valence-corrected chi connectivity index (χ1v) is 9.08. The van der Waals surface area contributed by atoms with E-state index in [1.54, 1.807) is 37.4 Å². The number of rotatable bonds is 7. The Kier molecular flexibility index (Phi) is 6.76. The highest BCUT2D eigenvalue weighted by Gasteiger charge is 2.26. The molecule has 0 radical (unpaired) electrons. The van der Waals surface area contributed by atoms with Crippen molar-refractivity contribution in [3.63, 3.8) is 0 Å². The summed E-state index contributed by atoms with van der Waals surface area (Å²) in [6.45, 7) is 0.256. The Hall–Kier alpha value is -3.45. The minimum Gasteiger partial charge on any atom is -0.497 e. The summed E-state index contributed by atoms with van der Waals surface area (Å²) in [6.07, 6.45) is 1.60. The third-order valence-corrected chi connectivity index (χ3v) is 4.23. The van der Waals surface area contributed by atoms with Crippen LogP contribution in [0.25, 0.3) is 0 Å². The van der Waals surface area contributed by atoms with E-state index in [2.05, 4.69) is 15.3 Å². The number of carbonyl (C=O) groups is 2. The number of halogens is 1. The van der Waals surface area contributed by atoms with Gasteiger partial charge in [0.25, 0.3) is 5.91 Å². The van der Waals surface area contributed by atoms with Gasteiger partial charge in [0.2, 0.25) is 6.10 Å². The second kappa shape index (κ2) is 9.66. The van der Waals surface area contributed by atoms with Crippen LogP contribution in [0.4, 0.5) is 0 Å². The number of esters is 1. The van der Waals surface area contributed by atoms with Gasteiger partial charge >= 0.3 is 5.97 Å². The minimum absolute atomic E-state index is 0.179. The summed E-state index contributed by atoms with van der Waals surface area (Å²) in [4.78, 5) is 33.2. The van der Waals surface area contributed by atoms with Crippen molar-refractivity contribution in [3.8, 4) is 5.75 Å². The van der Waals surface area contributed by atoms with E-state index >= 15 is 0 Å². The SMILES string of the molecule is COc1ccc(CNC(=O)[C@@H](OC(=O)c2ccc(Cl)nc2)c2ccccn2)cc1. The van der Waals surface area contributed by atoms with Crippen molar-refractivity contribution in [3.05, 3.63) is 89.0 Å². The molecule has 0 fully saturated rings. The molecule has 148 valence electrons. The van der Waals surface area contributed by atoms with Crippen LogP contribution >= 0.6 is 11.6 Å². The van der Waals surface area contributed by atoms with Crippen LogP contribution in [-0.4, -0.2) is 29.0 Å². The van der Waals surface area contributed by atoms with Gasteiger partial charge in [0, 0.05) is 18.9 Å². The van der Waals surface area contributed by atoms with Gasteiger partial charge in [-0.15, -0.1) is 0 Å². The molecule has 2 heterocycles. The predicted octanol–water partition coefficient (Wildman–Crippen LogP) is 3.35. The molecular weight excluding hydrogens is 394 g/mol. The number of carbonyl (C=O) groups excluding carboxylic acids is 2. The van der Waals surface area contributed by atoms with Crippen LogP contribution in [0.15, 0.2) is 67.0 Å². The van der Waals surface area contributed by atoms with Gasteiger partial charge in [-0.05, 0) is 42.0 Å². The van der Waals surface area contributed by atoms with Crippen LogP contribution in [0.5, 0.6) is 5.75 Å². The van der Waals surface area contributed by atoms with Gasteiger partial charge in [-0.3, -0.25) is 9.78 Å². The van der Waals surface area contributed by atoms with Crippen molar-refractivity contribution in [2.75, 3.05) is 7.11 Å². The Morgan fingerprint density at radius 3 is 2.48 bits per heavy atom. The van der Waals surface area contributed by atoms with Crippen LogP contribution in [0, 0.1) is 0 Å². The Morgan fingerprint density at radius 1 is 1.07 bits per heavy atom. The summed E-state index contributed by atoms with van der Waals surface area (Å²) in [6, 6.07) is 15.2. The number of pyridine rings is 2. The van der Waals surface area contributed by atoms with Crippen LogP contribution in [0.2, 0.25) is 5.15 Å². The Bertz CT molecular complexity index is 963. The molecule has 0 aliphatic heterocycles. The van der Waals surface area contributed by atoms with Crippen LogP contribution in [0.1, 0.15) is 27.7 Å². The molecule has 0 spiro atoms. The molecule has 1 amide bonds. The molecule has 2 aromatic heterocycles. The summed E-state index contributed by atoms with van der Waals surface area (Å²) in [5.74, 6) is -0.476. The second-order valence-corrected chi connectivity index (χ2v) is 6.36. The highest BCUT2D eigenvalue weighted by molar-refractivity contribution is 6.29. The number of hydrogen-bond acceptors (Lipinski definition) is 6. The Labute approximate surface area is 172 Å². The van der Waals surface area contributed by atoms with Crippen molar-refractivity contribution in [2.45, 2.75) is 12.6 Å². The van der Waals surface area contributed by atoms with Crippen molar-refractivity contribution in [1.82, 2.24) is 15.3 Å². The average molecular weight is 412 g/mol. The number of ether oxygens (including phenoxy) is 2. The molecule has 8 heteroatoms. The third kappa shape index (κ3) is 5.52. The lowest BCUT2D eigenvalue weighted by Crippen LogP contribution is -2.32. The molecule has 0 bridgehead atoms. The lowest BCUT2D eigenvalue weighted by Gasteiger charge is -2.17. The maximum Gasteiger partial charge on any atom is 0.340 e. The normalized spacial score (nSPS) is 11.4. The fourth-order valence-electron chi connectivity index (χ4n) is 2.48. The highest BCUT2D eigenvalue weighted by Crippen LogP contribution is 2.19. The molecular formula is C21H18ClN3O4. The van der Waals surface area contributed by atoms with Crippen molar-refractivity contribution < 1.29 is 19.1 Å².